The van der Waals surface area contributed by atoms with Gasteiger partial charge < -0.3 is 5.73 Å². The molecule has 3 amide bonds. The van der Waals surface area contributed by atoms with Gasteiger partial charge in [0.25, 0.3) is 17.5 Å². The van der Waals surface area contributed by atoms with Crippen molar-refractivity contribution >= 4 is 23.4 Å². The Kier molecular flexibility index (Phi) is 2.55. The number of carbonyl (C=O) groups is 3. The van der Waals surface area contributed by atoms with E-state index in [4.69, 9.17) is 5.73 Å². The SMILES string of the molecule is NC(=O)CN1C(=O)c2cccc([N+](=O)[O-])c2C1=O. The van der Waals surface area contributed by atoms with Crippen LogP contribution in [0.5, 0.6) is 0 Å². The number of hydrogen-bond donors (Lipinski definition) is 1. The fourth-order valence-corrected chi connectivity index (χ4v) is 1.77. The zero-order valence-electron chi connectivity index (χ0n) is 8.95. The normalized spacial score (nSPS) is 13.7. The summed E-state index contributed by atoms with van der Waals surface area (Å²) in [5.41, 5.74) is 4.07. The maximum atomic E-state index is 11.9. The van der Waals surface area contributed by atoms with Gasteiger partial charge in [0.2, 0.25) is 5.91 Å². The van der Waals surface area contributed by atoms with Crippen molar-refractivity contribution in [3.8, 4) is 0 Å². The minimum absolute atomic E-state index is 0.0875. The van der Waals surface area contributed by atoms with Crippen LogP contribution in [0.15, 0.2) is 18.2 Å². The van der Waals surface area contributed by atoms with Crippen LogP contribution < -0.4 is 5.73 Å². The zero-order valence-corrected chi connectivity index (χ0v) is 8.95. The molecule has 1 aliphatic heterocycles. The highest BCUT2D eigenvalue weighted by molar-refractivity contribution is 6.24. The summed E-state index contributed by atoms with van der Waals surface area (Å²) in [4.78, 5) is 45.0. The summed E-state index contributed by atoms with van der Waals surface area (Å²) in [6.07, 6.45) is 0. The molecule has 0 radical (unpaired) electrons. The van der Waals surface area contributed by atoms with Crippen molar-refractivity contribution in [2.45, 2.75) is 0 Å². The highest BCUT2D eigenvalue weighted by atomic mass is 16.6. The van der Waals surface area contributed by atoms with Crippen LogP contribution in [0.4, 0.5) is 5.69 Å². The Hall–Kier alpha value is -2.77. The van der Waals surface area contributed by atoms with Crippen LogP contribution >= 0.6 is 0 Å². The van der Waals surface area contributed by atoms with E-state index in [1.807, 2.05) is 0 Å². The van der Waals surface area contributed by atoms with Gasteiger partial charge in [0.05, 0.1) is 10.5 Å². The third-order valence-electron chi connectivity index (χ3n) is 2.49. The number of nitro groups is 1. The number of rotatable bonds is 3. The highest BCUT2D eigenvalue weighted by Crippen LogP contribution is 2.30. The summed E-state index contributed by atoms with van der Waals surface area (Å²) in [5, 5.41) is 10.8. The second kappa shape index (κ2) is 3.91. The molecule has 18 heavy (non-hydrogen) atoms. The Bertz CT molecular complexity index is 595. The number of carbonyl (C=O) groups excluding carboxylic acids is 3. The van der Waals surface area contributed by atoms with Crippen LogP contribution in [0.2, 0.25) is 0 Å². The molecule has 0 saturated carbocycles. The van der Waals surface area contributed by atoms with Crippen LogP contribution in [0.3, 0.4) is 0 Å². The molecule has 0 unspecified atom stereocenters. The molecule has 92 valence electrons. The van der Waals surface area contributed by atoms with Crippen molar-refractivity contribution < 1.29 is 19.3 Å². The third kappa shape index (κ3) is 1.59. The Balaban J connectivity index is 2.55. The van der Waals surface area contributed by atoms with Crippen molar-refractivity contribution in [3.63, 3.8) is 0 Å². The Labute approximate surface area is 100 Å². The molecule has 2 rings (SSSR count). The molecule has 0 spiro atoms. The van der Waals surface area contributed by atoms with Crippen LogP contribution in [-0.2, 0) is 4.79 Å². The number of hydrogen-bond acceptors (Lipinski definition) is 5. The van der Waals surface area contributed by atoms with Gasteiger partial charge in [-0.25, -0.2) is 0 Å². The molecule has 0 bridgehead atoms. The van der Waals surface area contributed by atoms with E-state index in [-0.39, 0.29) is 11.1 Å². The van der Waals surface area contributed by atoms with Gasteiger partial charge in [-0.1, -0.05) is 6.07 Å². The zero-order chi connectivity index (χ0) is 13.4. The van der Waals surface area contributed by atoms with Crippen molar-refractivity contribution in [3.05, 3.63) is 39.4 Å². The molecule has 8 heteroatoms. The first kappa shape index (κ1) is 11.7. The number of primary amides is 1. The third-order valence-corrected chi connectivity index (χ3v) is 2.49. The van der Waals surface area contributed by atoms with E-state index in [0.29, 0.717) is 4.90 Å². The minimum Gasteiger partial charge on any atom is -0.368 e. The molecular weight excluding hydrogens is 242 g/mol. The van der Waals surface area contributed by atoms with Gasteiger partial charge in [0.15, 0.2) is 0 Å². The van der Waals surface area contributed by atoms with E-state index in [2.05, 4.69) is 0 Å². The fraction of sp³-hybridized carbons (Fsp3) is 0.100. The quantitative estimate of drug-likeness (QED) is 0.446. The van der Waals surface area contributed by atoms with Crippen molar-refractivity contribution in [2.24, 2.45) is 5.73 Å². The molecule has 0 aromatic heterocycles. The fourth-order valence-electron chi connectivity index (χ4n) is 1.77. The number of nitrogens with two attached hydrogens (primary N) is 1. The predicted octanol–water partition coefficient (Wildman–Crippen LogP) is -0.324. The van der Waals surface area contributed by atoms with E-state index in [1.165, 1.54) is 12.1 Å². The topological polar surface area (TPSA) is 124 Å². The molecular formula is C10H7N3O5. The number of fused-ring (bicyclic) bond motifs is 1. The number of amides is 3. The lowest BCUT2D eigenvalue weighted by Gasteiger charge is -2.09. The molecule has 0 fully saturated rings. The van der Waals surface area contributed by atoms with Gasteiger partial charge >= 0.3 is 0 Å². The van der Waals surface area contributed by atoms with Crippen molar-refractivity contribution in [1.29, 1.82) is 0 Å². The average molecular weight is 249 g/mol. The van der Waals surface area contributed by atoms with E-state index in [9.17, 15) is 24.5 Å². The summed E-state index contributed by atoms with van der Waals surface area (Å²) < 4.78 is 0. The summed E-state index contributed by atoms with van der Waals surface area (Å²) in [6.45, 7) is -0.594. The monoisotopic (exact) mass is 249 g/mol. The first-order chi connectivity index (χ1) is 8.43. The Morgan fingerprint density at radius 1 is 1.33 bits per heavy atom. The average Bonchev–Trinajstić information content (AvgIpc) is 2.54. The largest absolute Gasteiger partial charge is 0.368 e. The van der Waals surface area contributed by atoms with Gasteiger partial charge in [0.1, 0.15) is 12.1 Å². The smallest absolute Gasteiger partial charge is 0.282 e. The molecule has 2 N–H and O–H groups in total. The predicted molar refractivity (Wildman–Crippen MR) is 57.7 cm³/mol. The first-order valence-electron chi connectivity index (χ1n) is 4.85. The van der Waals surface area contributed by atoms with Gasteiger partial charge in [0, 0.05) is 6.07 Å². The van der Waals surface area contributed by atoms with E-state index in [1.54, 1.807) is 0 Å². The van der Waals surface area contributed by atoms with Crippen LogP contribution in [0, 0.1) is 10.1 Å². The summed E-state index contributed by atoms with van der Waals surface area (Å²) in [6, 6.07) is 3.72. The van der Waals surface area contributed by atoms with Gasteiger partial charge in [-0.15, -0.1) is 0 Å². The van der Waals surface area contributed by atoms with Gasteiger partial charge in [-0.05, 0) is 6.07 Å². The van der Waals surface area contributed by atoms with E-state index in [0.717, 1.165) is 6.07 Å². The van der Waals surface area contributed by atoms with Crippen molar-refractivity contribution in [1.82, 2.24) is 4.90 Å². The number of nitrogens with zero attached hydrogens (tertiary/aromatic N) is 2. The molecule has 1 aliphatic rings. The number of nitro benzene ring substituents is 1. The molecule has 1 aromatic rings. The lowest BCUT2D eigenvalue weighted by molar-refractivity contribution is -0.385. The van der Waals surface area contributed by atoms with E-state index < -0.39 is 34.9 Å². The molecule has 0 saturated heterocycles. The second-order valence-corrected chi connectivity index (χ2v) is 3.62. The maximum absolute atomic E-state index is 11.9. The first-order valence-corrected chi connectivity index (χ1v) is 4.85. The minimum atomic E-state index is -0.874. The summed E-state index contributed by atoms with van der Waals surface area (Å²) in [7, 11) is 0. The summed E-state index contributed by atoms with van der Waals surface area (Å²) in [5.74, 6) is -2.49. The van der Waals surface area contributed by atoms with Crippen LogP contribution in [0.1, 0.15) is 20.7 Å². The van der Waals surface area contributed by atoms with Crippen LogP contribution in [-0.4, -0.2) is 34.1 Å². The molecule has 0 aliphatic carbocycles. The van der Waals surface area contributed by atoms with Crippen molar-refractivity contribution in [2.75, 3.05) is 6.54 Å². The Morgan fingerprint density at radius 3 is 2.56 bits per heavy atom. The van der Waals surface area contributed by atoms with E-state index >= 15 is 0 Å². The van der Waals surface area contributed by atoms with Crippen LogP contribution in [0.25, 0.3) is 0 Å². The molecule has 8 nitrogen and oxygen atoms in total. The maximum Gasteiger partial charge on any atom is 0.282 e. The number of benzene rings is 1. The molecule has 1 aromatic carbocycles. The lowest BCUT2D eigenvalue weighted by Crippen LogP contribution is -2.37. The highest BCUT2D eigenvalue weighted by Gasteiger charge is 2.41. The standard InChI is InChI=1S/C10H7N3O5/c11-7(14)4-12-9(15)5-2-1-3-6(13(17)18)8(5)10(12)16/h1-3H,4H2,(H2,11,14). The molecule has 0 atom stereocenters. The van der Waals surface area contributed by atoms with Gasteiger partial charge in [-0.3, -0.25) is 29.4 Å². The lowest BCUT2D eigenvalue weighted by atomic mass is 10.1. The Morgan fingerprint density at radius 2 is 2.00 bits per heavy atom. The second-order valence-electron chi connectivity index (χ2n) is 3.62. The van der Waals surface area contributed by atoms with Gasteiger partial charge in [-0.2, -0.15) is 0 Å². The number of imide groups is 1. The summed E-state index contributed by atoms with van der Waals surface area (Å²) >= 11 is 0. The molecule has 1 heterocycles.